The molecule has 1 atom stereocenters. The molecule has 0 aliphatic carbocycles. The molecule has 0 radical (unpaired) electrons. The number of hydrogen-bond donors (Lipinski definition) is 3. The zero-order chi connectivity index (χ0) is 19.4. The molecule has 27 heavy (non-hydrogen) atoms. The molecule has 3 rings (SSSR count). The first-order valence-electron chi connectivity index (χ1n) is 8.66. The number of anilines is 1. The summed E-state index contributed by atoms with van der Waals surface area (Å²) in [4.78, 5) is 22.3. The number of piperidine rings is 1. The zero-order valence-electron chi connectivity index (χ0n) is 14.7. The summed E-state index contributed by atoms with van der Waals surface area (Å²) in [5, 5.41) is 6.28. The van der Waals surface area contributed by atoms with Crippen molar-refractivity contribution >= 4 is 11.9 Å². The van der Waals surface area contributed by atoms with E-state index >= 15 is 0 Å². The van der Waals surface area contributed by atoms with Gasteiger partial charge in [0.2, 0.25) is 5.95 Å². The molecule has 0 amide bonds. The highest BCUT2D eigenvalue weighted by molar-refractivity contribution is 5.89. The minimum Gasteiger partial charge on any atom is -0.461 e. The third kappa shape index (κ3) is 4.57. The summed E-state index contributed by atoms with van der Waals surface area (Å²) in [7, 11) is 0. The number of halogens is 3. The van der Waals surface area contributed by atoms with Crippen LogP contribution in [0.15, 0.2) is 18.5 Å². The Bertz CT molecular complexity index is 800. The van der Waals surface area contributed by atoms with Crippen molar-refractivity contribution in [2.75, 3.05) is 25.0 Å². The van der Waals surface area contributed by atoms with Crippen LogP contribution in [0.3, 0.4) is 0 Å². The fourth-order valence-corrected chi connectivity index (χ4v) is 2.89. The van der Waals surface area contributed by atoms with E-state index in [9.17, 15) is 18.0 Å². The number of alkyl halides is 3. The van der Waals surface area contributed by atoms with Gasteiger partial charge in [0.1, 0.15) is 11.3 Å². The van der Waals surface area contributed by atoms with Crippen LogP contribution in [0.1, 0.15) is 35.8 Å². The highest BCUT2D eigenvalue weighted by Crippen LogP contribution is 2.36. The SMILES string of the molecule is CCOC(=O)c1cc(-c2nc(N[C@H]3CCCNC3)ncc2C(F)(F)F)c[nH]1. The van der Waals surface area contributed by atoms with E-state index in [0.717, 1.165) is 25.6 Å². The molecule has 2 aromatic heterocycles. The molecular weight excluding hydrogens is 363 g/mol. The number of carbonyl (C=O) groups excluding carboxylic acids is 1. The molecule has 1 saturated heterocycles. The average Bonchev–Trinajstić information content (AvgIpc) is 3.12. The standard InChI is InChI=1S/C17H20F3N5O2/c1-2-27-15(26)13-6-10(7-22-13)14-12(17(18,19)20)9-23-16(25-14)24-11-4-3-5-21-8-11/h6-7,9,11,21-22H,2-5,8H2,1H3,(H,23,24,25)/t11-/m0/s1. The largest absolute Gasteiger partial charge is 0.461 e. The lowest BCUT2D eigenvalue weighted by molar-refractivity contribution is -0.137. The Kier molecular flexibility index (Phi) is 5.64. The molecule has 1 aliphatic rings. The number of carbonyl (C=O) groups is 1. The van der Waals surface area contributed by atoms with Crippen LogP contribution in [-0.2, 0) is 10.9 Å². The Hall–Kier alpha value is -2.62. The van der Waals surface area contributed by atoms with E-state index in [0.29, 0.717) is 6.54 Å². The second-order valence-electron chi connectivity index (χ2n) is 6.16. The lowest BCUT2D eigenvalue weighted by Gasteiger charge is -2.24. The third-order valence-corrected chi connectivity index (χ3v) is 4.18. The molecular formula is C17H20F3N5O2. The smallest absolute Gasteiger partial charge is 0.419 e. The quantitative estimate of drug-likeness (QED) is 0.688. The van der Waals surface area contributed by atoms with Gasteiger partial charge >= 0.3 is 12.1 Å². The number of nitrogens with one attached hydrogen (secondary N) is 3. The van der Waals surface area contributed by atoms with Gasteiger partial charge in [-0.3, -0.25) is 0 Å². The Balaban J connectivity index is 1.93. The van der Waals surface area contributed by atoms with Crippen LogP contribution in [0, 0.1) is 0 Å². The van der Waals surface area contributed by atoms with Crippen molar-refractivity contribution in [1.82, 2.24) is 20.3 Å². The lowest BCUT2D eigenvalue weighted by atomic mass is 10.1. The van der Waals surface area contributed by atoms with Gasteiger partial charge in [-0.05, 0) is 32.4 Å². The maximum atomic E-state index is 13.4. The highest BCUT2D eigenvalue weighted by Gasteiger charge is 2.36. The zero-order valence-corrected chi connectivity index (χ0v) is 14.7. The maximum Gasteiger partial charge on any atom is 0.419 e. The van der Waals surface area contributed by atoms with Gasteiger partial charge in [0.05, 0.1) is 12.3 Å². The van der Waals surface area contributed by atoms with Crippen molar-refractivity contribution in [2.24, 2.45) is 0 Å². The molecule has 0 saturated carbocycles. The summed E-state index contributed by atoms with van der Waals surface area (Å²) in [6.07, 6.45) is -0.717. The summed E-state index contributed by atoms with van der Waals surface area (Å²) in [6, 6.07) is 1.34. The highest BCUT2D eigenvalue weighted by atomic mass is 19.4. The number of ether oxygens (including phenoxy) is 1. The van der Waals surface area contributed by atoms with E-state index in [-0.39, 0.29) is 35.5 Å². The first-order chi connectivity index (χ1) is 12.9. The number of rotatable bonds is 5. The third-order valence-electron chi connectivity index (χ3n) is 4.18. The van der Waals surface area contributed by atoms with Crippen LogP contribution >= 0.6 is 0 Å². The van der Waals surface area contributed by atoms with Crippen molar-refractivity contribution in [3.8, 4) is 11.3 Å². The fraction of sp³-hybridized carbons (Fsp3) is 0.471. The van der Waals surface area contributed by atoms with Crippen molar-refractivity contribution in [1.29, 1.82) is 0 Å². The Morgan fingerprint density at radius 2 is 2.26 bits per heavy atom. The Morgan fingerprint density at radius 3 is 2.93 bits per heavy atom. The number of H-pyrrole nitrogens is 1. The summed E-state index contributed by atoms with van der Waals surface area (Å²) in [5.74, 6) is -0.524. The number of esters is 1. The second-order valence-corrected chi connectivity index (χ2v) is 6.16. The van der Waals surface area contributed by atoms with Crippen molar-refractivity contribution in [2.45, 2.75) is 32.0 Å². The van der Waals surface area contributed by atoms with Gasteiger partial charge < -0.3 is 20.4 Å². The van der Waals surface area contributed by atoms with Crippen LogP contribution in [0.25, 0.3) is 11.3 Å². The molecule has 0 aromatic carbocycles. The van der Waals surface area contributed by atoms with E-state index in [4.69, 9.17) is 4.74 Å². The summed E-state index contributed by atoms with van der Waals surface area (Å²) >= 11 is 0. The monoisotopic (exact) mass is 383 g/mol. The topological polar surface area (TPSA) is 91.9 Å². The molecule has 146 valence electrons. The van der Waals surface area contributed by atoms with Gasteiger partial charge in [-0.1, -0.05) is 0 Å². The number of nitrogens with zero attached hydrogens (tertiary/aromatic N) is 2. The van der Waals surface area contributed by atoms with Crippen molar-refractivity contribution in [3.05, 3.63) is 29.7 Å². The van der Waals surface area contributed by atoms with Crippen molar-refractivity contribution < 1.29 is 22.7 Å². The van der Waals surface area contributed by atoms with Gasteiger partial charge in [-0.25, -0.2) is 14.8 Å². The maximum absolute atomic E-state index is 13.4. The molecule has 1 fully saturated rings. The Labute approximate surface area is 153 Å². The molecule has 0 bridgehead atoms. The molecule has 7 nitrogen and oxygen atoms in total. The molecule has 0 spiro atoms. The van der Waals surface area contributed by atoms with Crippen LogP contribution in [0.2, 0.25) is 0 Å². The molecule has 2 aromatic rings. The lowest BCUT2D eigenvalue weighted by Crippen LogP contribution is -2.38. The molecule has 1 aliphatic heterocycles. The van der Waals surface area contributed by atoms with Gasteiger partial charge in [-0.2, -0.15) is 13.2 Å². The molecule has 3 heterocycles. The van der Waals surface area contributed by atoms with Crippen molar-refractivity contribution in [3.63, 3.8) is 0 Å². The predicted molar refractivity (Wildman–Crippen MR) is 92.3 cm³/mol. The second kappa shape index (κ2) is 7.95. The first-order valence-corrected chi connectivity index (χ1v) is 8.66. The Morgan fingerprint density at radius 1 is 1.44 bits per heavy atom. The molecule has 3 N–H and O–H groups in total. The minimum absolute atomic E-state index is 0.0460. The van der Waals surface area contributed by atoms with E-state index in [1.54, 1.807) is 6.92 Å². The minimum atomic E-state index is -4.62. The number of aromatic amines is 1. The van der Waals surface area contributed by atoms with E-state index in [1.165, 1.54) is 12.3 Å². The summed E-state index contributed by atoms with van der Waals surface area (Å²) in [5.41, 5.74) is -1.07. The van der Waals surface area contributed by atoms with Gasteiger partial charge in [0.25, 0.3) is 0 Å². The number of aromatic nitrogens is 3. The predicted octanol–water partition coefficient (Wildman–Crippen LogP) is 2.83. The van der Waals surface area contributed by atoms with Crippen LogP contribution < -0.4 is 10.6 Å². The van der Waals surface area contributed by atoms with Crippen LogP contribution in [-0.4, -0.2) is 46.7 Å². The van der Waals surface area contributed by atoms with Crippen LogP contribution in [0.5, 0.6) is 0 Å². The van der Waals surface area contributed by atoms with Crippen LogP contribution in [0.4, 0.5) is 19.1 Å². The van der Waals surface area contributed by atoms with E-state index < -0.39 is 17.7 Å². The van der Waals surface area contributed by atoms with E-state index in [1.807, 2.05) is 0 Å². The fourth-order valence-electron chi connectivity index (χ4n) is 2.89. The van der Waals surface area contributed by atoms with Gasteiger partial charge in [0.15, 0.2) is 0 Å². The first kappa shape index (κ1) is 19.2. The average molecular weight is 383 g/mol. The van der Waals surface area contributed by atoms with Gasteiger partial charge in [-0.15, -0.1) is 0 Å². The molecule has 0 unspecified atom stereocenters. The van der Waals surface area contributed by atoms with Gasteiger partial charge in [0, 0.05) is 30.5 Å². The summed E-state index contributed by atoms with van der Waals surface area (Å²) < 4.78 is 45.0. The normalized spacial score (nSPS) is 17.6. The molecule has 10 heteroatoms. The number of hydrogen-bond acceptors (Lipinski definition) is 6. The summed E-state index contributed by atoms with van der Waals surface area (Å²) in [6.45, 7) is 3.41. The van der Waals surface area contributed by atoms with E-state index in [2.05, 4.69) is 25.6 Å².